The van der Waals surface area contributed by atoms with Crippen LogP contribution in [0.25, 0.3) is 0 Å². The van der Waals surface area contributed by atoms with Crippen molar-refractivity contribution in [1.29, 1.82) is 0 Å². The molecule has 1 aliphatic heterocycles. The summed E-state index contributed by atoms with van der Waals surface area (Å²) in [7, 11) is -3.15. The Morgan fingerprint density at radius 3 is 2.35 bits per heavy atom. The van der Waals surface area contributed by atoms with Gasteiger partial charge in [0.05, 0.1) is 23.7 Å². The highest BCUT2D eigenvalue weighted by atomic mass is 32.2. The van der Waals surface area contributed by atoms with Crippen molar-refractivity contribution in [3.63, 3.8) is 0 Å². The first kappa shape index (κ1) is 12.3. The molecule has 1 aliphatic rings. The van der Waals surface area contributed by atoms with Crippen LogP contribution in [-0.2, 0) is 9.84 Å². The molecule has 2 rings (SSSR count). The third-order valence-corrected chi connectivity index (χ3v) is 4.34. The molecule has 0 aliphatic carbocycles. The van der Waals surface area contributed by atoms with Gasteiger partial charge in [-0.3, -0.25) is 0 Å². The number of hydrogen-bond acceptors (Lipinski definition) is 6. The monoisotopic (exact) mass is 257 g/mol. The molecule has 17 heavy (non-hydrogen) atoms. The fourth-order valence-electron chi connectivity index (χ4n) is 1.92. The number of aliphatic hydroxyl groups is 1. The molecule has 0 aromatic carbocycles. The van der Waals surface area contributed by atoms with Crippen molar-refractivity contribution in [2.24, 2.45) is 0 Å². The van der Waals surface area contributed by atoms with Gasteiger partial charge in [-0.05, 0) is 19.9 Å². The maximum atomic E-state index is 11.3. The third kappa shape index (κ3) is 2.92. The van der Waals surface area contributed by atoms with Crippen LogP contribution >= 0.6 is 0 Å². The van der Waals surface area contributed by atoms with Gasteiger partial charge in [-0.15, -0.1) is 0 Å². The Kier molecular flexibility index (Phi) is 3.05. The summed E-state index contributed by atoms with van der Waals surface area (Å²) >= 11 is 0. The molecule has 2 atom stereocenters. The number of anilines is 1. The van der Waals surface area contributed by atoms with E-state index in [-0.39, 0.29) is 11.5 Å². The van der Waals surface area contributed by atoms with E-state index in [9.17, 15) is 13.5 Å². The molecule has 1 aromatic rings. The second-order valence-electron chi connectivity index (χ2n) is 4.37. The van der Waals surface area contributed by atoms with Gasteiger partial charge in [-0.2, -0.15) is 0 Å². The molecule has 0 radical (unpaired) electrons. The van der Waals surface area contributed by atoms with Crippen molar-refractivity contribution < 1.29 is 13.5 Å². The summed E-state index contributed by atoms with van der Waals surface area (Å²) in [6.07, 6.45) is -0.899. The van der Waals surface area contributed by atoms with E-state index in [1.165, 1.54) is 0 Å². The lowest BCUT2D eigenvalue weighted by Gasteiger charge is -2.15. The van der Waals surface area contributed by atoms with Gasteiger partial charge in [0.2, 0.25) is 5.95 Å². The summed E-state index contributed by atoms with van der Waals surface area (Å²) in [5, 5.41) is 12.5. The van der Waals surface area contributed by atoms with Crippen molar-refractivity contribution in [2.75, 3.05) is 16.8 Å². The number of hydrogen-bond donors (Lipinski definition) is 2. The zero-order valence-corrected chi connectivity index (χ0v) is 10.5. The Hall–Kier alpha value is -1.21. The van der Waals surface area contributed by atoms with Crippen molar-refractivity contribution in [2.45, 2.75) is 26.0 Å². The summed E-state index contributed by atoms with van der Waals surface area (Å²) < 4.78 is 22.7. The maximum Gasteiger partial charge on any atom is 0.223 e. The highest BCUT2D eigenvalue weighted by Gasteiger charge is 2.36. The first-order valence-corrected chi connectivity index (χ1v) is 7.15. The van der Waals surface area contributed by atoms with E-state index in [0.717, 1.165) is 11.4 Å². The van der Waals surface area contributed by atoms with Crippen molar-refractivity contribution in [3.8, 4) is 0 Å². The SMILES string of the molecule is Cc1cc(C)nc(N[C@@H]2CS(=O)(=O)C[C@H]2O)n1. The van der Waals surface area contributed by atoms with Crippen LogP contribution in [0, 0.1) is 13.8 Å². The molecule has 94 valence electrons. The molecular formula is C10H15N3O3S. The van der Waals surface area contributed by atoms with Crippen LogP contribution in [-0.4, -0.2) is 47.1 Å². The van der Waals surface area contributed by atoms with E-state index in [1.54, 1.807) is 0 Å². The summed E-state index contributed by atoms with van der Waals surface area (Å²) in [4.78, 5) is 8.30. The normalized spacial score (nSPS) is 27.0. The molecule has 2 N–H and O–H groups in total. The topological polar surface area (TPSA) is 92.2 Å². The fourth-order valence-corrected chi connectivity index (χ4v) is 3.66. The van der Waals surface area contributed by atoms with Crippen LogP contribution < -0.4 is 5.32 Å². The molecule has 0 bridgehead atoms. The smallest absolute Gasteiger partial charge is 0.223 e. The van der Waals surface area contributed by atoms with E-state index < -0.39 is 22.0 Å². The van der Waals surface area contributed by atoms with Crippen LogP contribution in [0.15, 0.2) is 6.07 Å². The lowest BCUT2D eigenvalue weighted by Crippen LogP contribution is -2.32. The molecule has 6 nitrogen and oxygen atoms in total. The molecule has 1 aromatic heterocycles. The highest BCUT2D eigenvalue weighted by molar-refractivity contribution is 7.91. The molecule has 0 saturated carbocycles. The van der Waals surface area contributed by atoms with E-state index in [0.29, 0.717) is 5.95 Å². The highest BCUT2D eigenvalue weighted by Crippen LogP contribution is 2.16. The van der Waals surface area contributed by atoms with Gasteiger partial charge in [-0.1, -0.05) is 0 Å². The predicted octanol–water partition coefficient (Wildman–Crippen LogP) is -0.337. The van der Waals surface area contributed by atoms with Gasteiger partial charge < -0.3 is 10.4 Å². The van der Waals surface area contributed by atoms with Gasteiger partial charge in [0.1, 0.15) is 0 Å². The van der Waals surface area contributed by atoms with Gasteiger partial charge in [-0.25, -0.2) is 18.4 Å². The molecule has 2 heterocycles. The van der Waals surface area contributed by atoms with Gasteiger partial charge in [0, 0.05) is 11.4 Å². The largest absolute Gasteiger partial charge is 0.390 e. The molecule has 1 fully saturated rings. The van der Waals surface area contributed by atoms with Crippen molar-refractivity contribution in [1.82, 2.24) is 9.97 Å². The molecule has 0 amide bonds. The average molecular weight is 257 g/mol. The Morgan fingerprint density at radius 2 is 1.88 bits per heavy atom. The van der Waals surface area contributed by atoms with Gasteiger partial charge >= 0.3 is 0 Å². The predicted molar refractivity (Wildman–Crippen MR) is 63.6 cm³/mol. The second-order valence-corrected chi connectivity index (χ2v) is 6.52. The van der Waals surface area contributed by atoms with E-state index in [2.05, 4.69) is 15.3 Å². The Labute approximate surface area is 100 Å². The third-order valence-electron chi connectivity index (χ3n) is 2.62. The number of aromatic nitrogens is 2. The molecule has 0 unspecified atom stereocenters. The van der Waals surface area contributed by atoms with Gasteiger partial charge in [0.15, 0.2) is 9.84 Å². The summed E-state index contributed by atoms with van der Waals surface area (Å²) in [5.74, 6) is 0.0867. The first-order chi connectivity index (χ1) is 7.85. The standard InChI is InChI=1S/C10H15N3O3S/c1-6-3-7(2)12-10(11-6)13-8-4-17(15,16)5-9(8)14/h3,8-9,14H,4-5H2,1-2H3,(H,11,12,13)/t8-,9-/m1/s1. The fraction of sp³-hybridized carbons (Fsp3) is 0.600. The number of aryl methyl sites for hydroxylation is 2. The van der Waals surface area contributed by atoms with Crippen molar-refractivity contribution >= 4 is 15.8 Å². The Morgan fingerprint density at radius 1 is 1.29 bits per heavy atom. The number of aliphatic hydroxyl groups excluding tert-OH is 1. The van der Waals surface area contributed by atoms with Crippen LogP contribution in [0.5, 0.6) is 0 Å². The minimum atomic E-state index is -3.15. The van der Waals surface area contributed by atoms with Gasteiger partial charge in [0.25, 0.3) is 0 Å². The number of rotatable bonds is 2. The minimum Gasteiger partial charge on any atom is -0.390 e. The quantitative estimate of drug-likeness (QED) is 0.753. The van der Waals surface area contributed by atoms with E-state index >= 15 is 0 Å². The molecule has 7 heteroatoms. The van der Waals surface area contributed by atoms with Crippen LogP contribution in [0.1, 0.15) is 11.4 Å². The average Bonchev–Trinajstić information content (AvgIpc) is 2.37. The van der Waals surface area contributed by atoms with Crippen LogP contribution in [0.3, 0.4) is 0 Å². The summed E-state index contributed by atoms with van der Waals surface area (Å²) in [6.45, 7) is 3.67. The maximum absolute atomic E-state index is 11.3. The second kappa shape index (κ2) is 4.23. The van der Waals surface area contributed by atoms with Crippen LogP contribution in [0.2, 0.25) is 0 Å². The molecular weight excluding hydrogens is 242 g/mol. The Bertz CT molecular complexity index is 509. The Balaban J connectivity index is 2.16. The van der Waals surface area contributed by atoms with E-state index in [4.69, 9.17) is 0 Å². The summed E-state index contributed by atoms with van der Waals surface area (Å²) in [5.41, 5.74) is 1.60. The van der Waals surface area contributed by atoms with Crippen molar-refractivity contribution in [3.05, 3.63) is 17.5 Å². The zero-order valence-electron chi connectivity index (χ0n) is 9.71. The van der Waals surface area contributed by atoms with E-state index in [1.807, 2.05) is 19.9 Å². The number of nitrogens with one attached hydrogen (secondary N) is 1. The lowest BCUT2D eigenvalue weighted by molar-refractivity contribution is 0.190. The first-order valence-electron chi connectivity index (χ1n) is 5.33. The molecule has 1 saturated heterocycles. The number of sulfone groups is 1. The zero-order chi connectivity index (χ0) is 12.6. The number of nitrogens with zero attached hydrogens (tertiary/aromatic N) is 2. The lowest BCUT2D eigenvalue weighted by atomic mass is 10.2. The minimum absolute atomic E-state index is 0.0789. The molecule has 0 spiro atoms. The summed E-state index contributed by atoms with van der Waals surface area (Å²) in [6, 6.07) is 1.30. The van der Waals surface area contributed by atoms with Crippen LogP contribution in [0.4, 0.5) is 5.95 Å².